The quantitative estimate of drug-likeness (QED) is 0.694. The number of nitrogens with zero attached hydrogens (tertiary/aromatic N) is 1. The van der Waals surface area contributed by atoms with Gasteiger partial charge in [-0.05, 0) is 42.8 Å². The van der Waals surface area contributed by atoms with Crippen molar-refractivity contribution in [3.8, 4) is 5.75 Å². The van der Waals surface area contributed by atoms with Gasteiger partial charge in [-0.25, -0.2) is 4.39 Å². The van der Waals surface area contributed by atoms with Gasteiger partial charge in [0.25, 0.3) is 0 Å². The van der Waals surface area contributed by atoms with Crippen LogP contribution in [0.5, 0.6) is 5.75 Å². The lowest BCUT2D eigenvalue weighted by atomic mass is 10.1. The molecular formula is C16H12FNO3S. The van der Waals surface area contributed by atoms with Crippen molar-refractivity contribution in [3.05, 3.63) is 66.1 Å². The van der Waals surface area contributed by atoms with Gasteiger partial charge in [-0.2, -0.15) is 8.42 Å². The first-order valence-electron chi connectivity index (χ1n) is 6.52. The Kier molecular flexibility index (Phi) is 3.54. The van der Waals surface area contributed by atoms with Crippen LogP contribution in [-0.4, -0.2) is 13.4 Å². The summed E-state index contributed by atoms with van der Waals surface area (Å²) in [5.41, 5.74) is 1.45. The van der Waals surface area contributed by atoms with Gasteiger partial charge in [-0.3, -0.25) is 4.98 Å². The molecule has 2 aromatic carbocycles. The Morgan fingerprint density at radius 3 is 2.68 bits per heavy atom. The summed E-state index contributed by atoms with van der Waals surface area (Å²) in [5, 5.41) is 0.471. The van der Waals surface area contributed by atoms with Gasteiger partial charge in [-0.15, -0.1) is 0 Å². The van der Waals surface area contributed by atoms with E-state index in [9.17, 15) is 12.8 Å². The molecular weight excluding hydrogens is 305 g/mol. The van der Waals surface area contributed by atoms with Crippen LogP contribution in [-0.2, 0) is 10.1 Å². The van der Waals surface area contributed by atoms with E-state index in [0.29, 0.717) is 10.9 Å². The predicted octanol–water partition coefficient (Wildman–Crippen LogP) is 3.45. The first-order valence-corrected chi connectivity index (χ1v) is 7.92. The SMILES string of the molecule is Cc1ccc(S(=O)(=O)Oc2cccc(F)c2)c2cccnc12. The van der Waals surface area contributed by atoms with Gasteiger partial charge < -0.3 is 4.18 Å². The molecule has 3 aromatic rings. The number of hydrogen-bond donors (Lipinski definition) is 0. The fourth-order valence-corrected chi connectivity index (χ4v) is 3.31. The molecule has 0 amide bonds. The third-order valence-electron chi connectivity index (χ3n) is 3.20. The highest BCUT2D eigenvalue weighted by Crippen LogP contribution is 2.27. The van der Waals surface area contributed by atoms with Crippen molar-refractivity contribution >= 4 is 21.0 Å². The minimum Gasteiger partial charge on any atom is -0.379 e. The molecule has 4 nitrogen and oxygen atoms in total. The Bertz CT molecular complexity index is 955. The Labute approximate surface area is 127 Å². The Morgan fingerprint density at radius 1 is 1.09 bits per heavy atom. The Hall–Kier alpha value is -2.47. The van der Waals surface area contributed by atoms with Crippen LogP contribution in [0.1, 0.15) is 5.56 Å². The molecule has 0 aliphatic rings. The zero-order chi connectivity index (χ0) is 15.7. The maximum absolute atomic E-state index is 13.2. The van der Waals surface area contributed by atoms with Crippen molar-refractivity contribution in [3.63, 3.8) is 0 Å². The van der Waals surface area contributed by atoms with Crippen molar-refractivity contribution in [1.29, 1.82) is 0 Å². The van der Waals surface area contributed by atoms with Crippen LogP contribution >= 0.6 is 0 Å². The monoisotopic (exact) mass is 317 g/mol. The largest absolute Gasteiger partial charge is 0.379 e. The first-order chi connectivity index (χ1) is 10.5. The Balaban J connectivity index is 2.12. The van der Waals surface area contributed by atoms with Crippen LogP contribution in [0.25, 0.3) is 10.9 Å². The summed E-state index contributed by atoms with van der Waals surface area (Å²) in [4.78, 5) is 4.20. The van der Waals surface area contributed by atoms with Gasteiger partial charge in [0.05, 0.1) is 5.52 Å². The number of halogens is 1. The molecule has 22 heavy (non-hydrogen) atoms. The summed E-state index contributed by atoms with van der Waals surface area (Å²) in [7, 11) is -4.08. The molecule has 0 bridgehead atoms. The lowest BCUT2D eigenvalue weighted by molar-refractivity contribution is 0.484. The molecule has 0 spiro atoms. The van der Waals surface area contributed by atoms with Crippen molar-refractivity contribution in [2.45, 2.75) is 11.8 Å². The summed E-state index contributed by atoms with van der Waals surface area (Å²) in [6, 6.07) is 11.5. The van der Waals surface area contributed by atoms with E-state index in [1.807, 2.05) is 6.92 Å². The Morgan fingerprint density at radius 2 is 1.91 bits per heavy atom. The fraction of sp³-hybridized carbons (Fsp3) is 0.0625. The number of rotatable bonds is 3. The van der Waals surface area contributed by atoms with E-state index in [-0.39, 0.29) is 10.6 Å². The van der Waals surface area contributed by atoms with E-state index in [1.54, 1.807) is 24.4 Å². The summed E-state index contributed by atoms with van der Waals surface area (Å²) in [6.07, 6.45) is 1.60. The topological polar surface area (TPSA) is 56.3 Å². The number of hydrogen-bond acceptors (Lipinski definition) is 4. The second-order valence-corrected chi connectivity index (χ2v) is 6.29. The van der Waals surface area contributed by atoms with Gasteiger partial charge in [-0.1, -0.05) is 12.1 Å². The zero-order valence-electron chi connectivity index (χ0n) is 11.7. The molecule has 0 radical (unpaired) electrons. The molecule has 1 aromatic heterocycles. The average Bonchev–Trinajstić information content (AvgIpc) is 2.47. The van der Waals surface area contributed by atoms with Gasteiger partial charge in [0.2, 0.25) is 0 Å². The van der Waals surface area contributed by atoms with Crippen LogP contribution in [0.2, 0.25) is 0 Å². The lowest BCUT2D eigenvalue weighted by Crippen LogP contribution is -2.10. The van der Waals surface area contributed by atoms with E-state index in [2.05, 4.69) is 4.98 Å². The van der Waals surface area contributed by atoms with Crippen molar-refractivity contribution in [2.24, 2.45) is 0 Å². The minimum atomic E-state index is -4.08. The molecule has 0 saturated heterocycles. The number of benzene rings is 2. The van der Waals surface area contributed by atoms with Crippen LogP contribution in [0, 0.1) is 12.7 Å². The molecule has 3 rings (SSSR count). The third kappa shape index (κ3) is 2.65. The molecule has 0 saturated carbocycles. The molecule has 0 aliphatic heterocycles. The molecule has 112 valence electrons. The predicted molar refractivity (Wildman–Crippen MR) is 80.7 cm³/mol. The molecule has 6 heteroatoms. The van der Waals surface area contributed by atoms with E-state index in [0.717, 1.165) is 11.6 Å². The summed E-state index contributed by atoms with van der Waals surface area (Å²) < 4.78 is 43.1. The van der Waals surface area contributed by atoms with E-state index < -0.39 is 15.9 Å². The standard InChI is InChI=1S/C16H12FNO3S/c1-11-7-8-15(14-6-3-9-18-16(11)14)22(19,20)21-13-5-2-4-12(17)10-13/h2-10H,1H3. The second kappa shape index (κ2) is 5.38. The number of aryl methyl sites for hydroxylation is 1. The van der Waals surface area contributed by atoms with Crippen molar-refractivity contribution in [1.82, 2.24) is 4.98 Å². The molecule has 0 atom stereocenters. The third-order valence-corrected chi connectivity index (χ3v) is 4.51. The molecule has 1 heterocycles. The van der Waals surface area contributed by atoms with E-state index >= 15 is 0 Å². The maximum atomic E-state index is 13.2. The smallest absolute Gasteiger partial charge is 0.339 e. The van der Waals surface area contributed by atoms with Gasteiger partial charge in [0, 0.05) is 17.6 Å². The van der Waals surface area contributed by atoms with Crippen molar-refractivity contribution in [2.75, 3.05) is 0 Å². The van der Waals surface area contributed by atoms with Gasteiger partial charge in [0.1, 0.15) is 16.5 Å². The highest BCUT2D eigenvalue weighted by atomic mass is 32.2. The van der Waals surface area contributed by atoms with Gasteiger partial charge in [0.15, 0.2) is 0 Å². The molecule has 0 aliphatic carbocycles. The fourth-order valence-electron chi connectivity index (χ4n) is 2.20. The van der Waals surface area contributed by atoms with Crippen LogP contribution in [0.15, 0.2) is 59.6 Å². The average molecular weight is 317 g/mol. The number of pyridine rings is 1. The van der Waals surface area contributed by atoms with Crippen LogP contribution in [0.4, 0.5) is 4.39 Å². The number of aromatic nitrogens is 1. The maximum Gasteiger partial charge on any atom is 0.339 e. The van der Waals surface area contributed by atoms with E-state index in [1.165, 1.54) is 24.3 Å². The van der Waals surface area contributed by atoms with Crippen LogP contribution < -0.4 is 4.18 Å². The summed E-state index contributed by atoms with van der Waals surface area (Å²) in [6.45, 7) is 1.85. The summed E-state index contributed by atoms with van der Waals surface area (Å²) in [5.74, 6) is -0.638. The molecule has 0 fully saturated rings. The second-order valence-electron chi connectivity index (χ2n) is 4.77. The van der Waals surface area contributed by atoms with Crippen LogP contribution in [0.3, 0.4) is 0 Å². The highest BCUT2D eigenvalue weighted by Gasteiger charge is 2.21. The normalized spacial score (nSPS) is 11.5. The van der Waals surface area contributed by atoms with Crippen molar-refractivity contribution < 1.29 is 17.0 Å². The van der Waals surface area contributed by atoms with Gasteiger partial charge >= 0.3 is 10.1 Å². The molecule has 0 unspecified atom stereocenters. The zero-order valence-corrected chi connectivity index (χ0v) is 12.5. The van der Waals surface area contributed by atoms with E-state index in [4.69, 9.17) is 4.18 Å². The lowest BCUT2D eigenvalue weighted by Gasteiger charge is -2.10. The summed E-state index contributed by atoms with van der Waals surface area (Å²) >= 11 is 0. The highest BCUT2D eigenvalue weighted by molar-refractivity contribution is 7.87. The number of fused-ring (bicyclic) bond motifs is 1. The first kappa shape index (κ1) is 14.5. The molecule has 0 N–H and O–H groups in total. The minimum absolute atomic E-state index is 0.00506.